The first-order chi connectivity index (χ1) is 11.0. The highest BCUT2D eigenvalue weighted by Gasteiger charge is 2.40. The number of para-hydroxylation sites is 1. The van der Waals surface area contributed by atoms with Crippen LogP contribution in [-0.4, -0.2) is 27.9 Å². The summed E-state index contributed by atoms with van der Waals surface area (Å²) in [6, 6.07) is 6.12. The third-order valence-electron chi connectivity index (χ3n) is 4.18. The lowest BCUT2D eigenvalue weighted by Crippen LogP contribution is -2.42. The Morgan fingerprint density at radius 1 is 1.26 bits per heavy atom. The first-order valence-corrected chi connectivity index (χ1v) is 7.65. The maximum atomic E-state index is 12.6. The molecule has 23 heavy (non-hydrogen) atoms. The molecule has 1 aliphatic heterocycles. The topological polar surface area (TPSA) is 69.4 Å². The lowest BCUT2D eigenvalue weighted by atomic mass is 9.90. The van der Waals surface area contributed by atoms with Crippen LogP contribution in [0.25, 0.3) is 5.70 Å². The predicted molar refractivity (Wildman–Crippen MR) is 88.1 cm³/mol. The zero-order valence-electron chi connectivity index (χ0n) is 13.1. The predicted octanol–water partition coefficient (Wildman–Crippen LogP) is 3.02. The van der Waals surface area contributed by atoms with E-state index in [0.29, 0.717) is 5.69 Å². The third-order valence-corrected chi connectivity index (χ3v) is 4.18. The summed E-state index contributed by atoms with van der Waals surface area (Å²) in [4.78, 5) is 24.2. The molecule has 0 fully saturated rings. The number of carboxylic acids is 1. The van der Waals surface area contributed by atoms with Crippen LogP contribution in [0.2, 0.25) is 0 Å². The van der Waals surface area contributed by atoms with E-state index in [4.69, 9.17) is 0 Å². The van der Waals surface area contributed by atoms with E-state index in [2.05, 4.69) is 5.32 Å². The molecule has 0 spiro atoms. The highest BCUT2D eigenvalue weighted by Crippen LogP contribution is 2.37. The number of rotatable bonds is 4. The fraction of sp³-hybridized carbons (Fsp3) is 0.278. The smallest absolute Gasteiger partial charge is 0.326 e. The second-order valence-corrected chi connectivity index (χ2v) is 6.07. The fourth-order valence-electron chi connectivity index (χ4n) is 2.98. The number of allylic oxidation sites excluding steroid dienone is 2. The lowest BCUT2D eigenvalue weighted by molar-refractivity contribution is -0.483. The van der Waals surface area contributed by atoms with Crippen molar-refractivity contribution < 1.29 is 14.7 Å². The molecule has 118 valence electrons. The Morgan fingerprint density at radius 3 is 2.70 bits per heavy atom. The second kappa shape index (κ2) is 5.83. The zero-order valence-corrected chi connectivity index (χ0v) is 13.1. The zero-order chi connectivity index (χ0) is 16.6. The number of nitrogens with one attached hydrogen (secondary N) is 1. The number of nitroso groups, excluding NO2 is 1. The molecule has 0 bridgehead atoms. The van der Waals surface area contributed by atoms with Crippen LogP contribution < -0.4 is 5.32 Å². The summed E-state index contributed by atoms with van der Waals surface area (Å²) < 4.78 is 0.973. The molecule has 1 aromatic carbocycles. The van der Waals surface area contributed by atoms with Gasteiger partial charge in [-0.05, 0) is 24.1 Å². The molecular weight excluding hydrogens is 292 g/mol. The van der Waals surface area contributed by atoms with Gasteiger partial charge in [-0.2, -0.15) is 0 Å². The van der Waals surface area contributed by atoms with Crippen LogP contribution in [0.1, 0.15) is 19.4 Å². The van der Waals surface area contributed by atoms with E-state index in [0.717, 1.165) is 21.6 Å². The third kappa shape index (κ3) is 2.59. The summed E-state index contributed by atoms with van der Waals surface area (Å²) in [6.45, 7) is 3.72. The first kappa shape index (κ1) is 15.2. The first-order valence-electron chi connectivity index (χ1n) is 7.65. The Kier molecular flexibility index (Phi) is 3.86. The van der Waals surface area contributed by atoms with Gasteiger partial charge in [-0.1, -0.05) is 38.1 Å². The van der Waals surface area contributed by atoms with Crippen LogP contribution in [0.4, 0.5) is 5.69 Å². The van der Waals surface area contributed by atoms with Gasteiger partial charge in [0.2, 0.25) is 0 Å². The SMILES string of the molecule is CC(C)C(NC1=C2C=CC=CC2[N+](=O)c2ccccc21)C(=O)O. The molecule has 5 heteroatoms. The Morgan fingerprint density at radius 2 is 2.00 bits per heavy atom. The van der Waals surface area contributed by atoms with Crippen molar-refractivity contribution in [2.45, 2.75) is 25.9 Å². The Balaban J connectivity index is 2.14. The molecule has 2 atom stereocenters. The minimum atomic E-state index is -0.901. The minimum absolute atomic E-state index is 0.0837. The molecule has 0 radical (unpaired) electrons. The molecule has 0 amide bonds. The molecule has 3 rings (SSSR count). The summed E-state index contributed by atoms with van der Waals surface area (Å²) in [7, 11) is 0. The van der Waals surface area contributed by atoms with Crippen LogP contribution in [-0.2, 0) is 4.79 Å². The number of hydrogen-bond donors (Lipinski definition) is 2. The van der Waals surface area contributed by atoms with Crippen LogP contribution in [0.5, 0.6) is 0 Å². The van der Waals surface area contributed by atoms with Gasteiger partial charge < -0.3 is 10.4 Å². The van der Waals surface area contributed by atoms with Crippen LogP contribution >= 0.6 is 0 Å². The van der Waals surface area contributed by atoms with E-state index in [9.17, 15) is 14.8 Å². The number of aliphatic carboxylic acids is 1. The van der Waals surface area contributed by atoms with Crippen molar-refractivity contribution in [1.82, 2.24) is 5.32 Å². The second-order valence-electron chi connectivity index (χ2n) is 6.07. The fourth-order valence-corrected chi connectivity index (χ4v) is 2.98. The van der Waals surface area contributed by atoms with Crippen molar-refractivity contribution in [2.24, 2.45) is 5.92 Å². The van der Waals surface area contributed by atoms with Gasteiger partial charge in [0.05, 0.1) is 16.8 Å². The van der Waals surface area contributed by atoms with Gasteiger partial charge in [-0.3, -0.25) is 0 Å². The highest BCUT2D eigenvalue weighted by atomic mass is 16.4. The average Bonchev–Trinajstić information content (AvgIpc) is 2.54. The van der Waals surface area contributed by atoms with Gasteiger partial charge in [0, 0.05) is 15.7 Å². The van der Waals surface area contributed by atoms with Crippen LogP contribution in [0.15, 0.2) is 54.1 Å². The normalized spacial score (nSPS) is 20.3. The molecule has 0 aromatic heterocycles. The van der Waals surface area contributed by atoms with Gasteiger partial charge in [-0.15, -0.1) is 0 Å². The van der Waals surface area contributed by atoms with E-state index in [1.54, 1.807) is 6.07 Å². The van der Waals surface area contributed by atoms with Crippen LogP contribution in [0, 0.1) is 10.8 Å². The van der Waals surface area contributed by atoms with E-state index < -0.39 is 18.1 Å². The van der Waals surface area contributed by atoms with E-state index in [-0.39, 0.29) is 5.92 Å². The van der Waals surface area contributed by atoms with Gasteiger partial charge in [0.1, 0.15) is 6.04 Å². The van der Waals surface area contributed by atoms with E-state index >= 15 is 0 Å². The number of carbonyl (C=O) groups is 1. The molecule has 2 unspecified atom stereocenters. The number of fused-ring (bicyclic) bond motifs is 2. The minimum Gasteiger partial charge on any atom is -0.480 e. The van der Waals surface area contributed by atoms with Gasteiger partial charge in [-0.25, -0.2) is 4.79 Å². The molecule has 1 heterocycles. The van der Waals surface area contributed by atoms with Crippen molar-refractivity contribution >= 4 is 17.4 Å². The van der Waals surface area contributed by atoms with Crippen molar-refractivity contribution in [3.05, 3.63) is 64.6 Å². The monoisotopic (exact) mass is 311 g/mol. The molecule has 1 aliphatic carbocycles. The highest BCUT2D eigenvalue weighted by molar-refractivity contribution is 5.83. The number of nitrogens with zero attached hydrogens (tertiary/aromatic N) is 1. The molecular formula is C18H19N2O3+. The van der Waals surface area contributed by atoms with Crippen LogP contribution in [0.3, 0.4) is 0 Å². The standard InChI is InChI=1S/C18H18N2O3/c1-11(2)16(18(21)22)19-17-12-7-3-5-9-14(12)20(23)15-10-6-4-8-13(15)17/h3-11,14,16,19H,1-2H3/p+1. The van der Waals surface area contributed by atoms with E-state index in [1.807, 2.05) is 56.4 Å². The summed E-state index contributed by atoms with van der Waals surface area (Å²) >= 11 is 0. The Labute approximate surface area is 134 Å². The van der Waals surface area contributed by atoms with Gasteiger partial charge in [0.25, 0.3) is 11.7 Å². The maximum absolute atomic E-state index is 12.6. The van der Waals surface area contributed by atoms with Crippen molar-refractivity contribution in [1.29, 1.82) is 0 Å². The summed E-state index contributed by atoms with van der Waals surface area (Å²) in [6.07, 6.45) is 7.39. The quantitative estimate of drug-likeness (QED) is 0.839. The number of carboxylic acid groups (broad SMARTS) is 1. The molecule has 2 aliphatic rings. The van der Waals surface area contributed by atoms with E-state index in [1.165, 1.54) is 0 Å². The van der Waals surface area contributed by atoms with Crippen molar-refractivity contribution in [3.8, 4) is 0 Å². The Hall–Kier alpha value is -2.69. The maximum Gasteiger partial charge on any atom is 0.326 e. The van der Waals surface area contributed by atoms with Gasteiger partial charge >= 0.3 is 5.97 Å². The molecule has 2 N–H and O–H groups in total. The van der Waals surface area contributed by atoms with Crippen molar-refractivity contribution in [3.63, 3.8) is 0 Å². The molecule has 0 saturated carbocycles. The summed E-state index contributed by atoms with van der Waals surface area (Å²) in [5.74, 6) is -0.985. The summed E-state index contributed by atoms with van der Waals surface area (Å²) in [5, 5.41) is 12.6. The van der Waals surface area contributed by atoms with Crippen molar-refractivity contribution in [2.75, 3.05) is 0 Å². The average molecular weight is 311 g/mol. The molecule has 1 aromatic rings. The summed E-state index contributed by atoms with van der Waals surface area (Å²) in [5.41, 5.74) is 2.81. The molecule has 0 saturated heterocycles. The lowest BCUT2D eigenvalue weighted by Gasteiger charge is -2.27. The number of benzene rings is 1. The Bertz CT molecular complexity index is 759. The van der Waals surface area contributed by atoms with Gasteiger partial charge in [0.15, 0.2) is 0 Å². The number of hydrogen-bond acceptors (Lipinski definition) is 3. The largest absolute Gasteiger partial charge is 0.480 e. The molecule has 5 nitrogen and oxygen atoms in total.